The second-order valence-electron chi connectivity index (χ2n) is 6.38. The van der Waals surface area contributed by atoms with Crippen LogP contribution in [0.25, 0.3) is 0 Å². The molecule has 2 rings (SSSR count). The number of rotatable bonds is 10. The summed E-state index contributed by atoms with van der Waals surface area (Å²) in [5.74, 6) is -1.09. The van der Waals surface area contributed by atoms with Crippen molar-refractivity contribution in [2.45, 2.75) is 45.3 Å². The minimum atomic E-state index is -0.899. The van der Waals surface area contributed by atoms with Crippen molar-refractivity contribution >= 4 is 29.1 Å². The van der Waals surface area contributed by atoms with Crippen molar-refractivity contribution in [2.24, 2.45) is 0 Å². The van der Waals surface area contributed by atoms with Gasteiger partial charge in [0.05, 0.1) is 17.3 Å². The molecule has 0 bridgehead atoms. The van der Waals surface area contributed by atoms with Crippen molar-refractivity contribution in [3.8, 4) is 0 Å². The Balaban J connectivity index is 1.77. The average molecular weight is 403 g/mol. The lowest BCUT2D eigenvalue weighted by molar-refractivity contribution is -0.155. The first-order valence-electron chi connectivity index (χ1n) is 9.37. The molecule has 7 heteroatoms. The number of nitrogens with one attached hydrogen (secondary N) is 2. The Morgan fingerprint density at radius 1 is 1.11 bits per heavy atom. The van der Waals surface area contributed by atoms with Gasteiger partial charge in [0.15, 0.2) is 6.10 Å². The predicted molar refractivity (Wildman–Crippen MR) is 109 cm³/mol. The highest BCUT2D eigenvalue weighted by Crippen LogP contribution is 2.18. The molecule has 1 heterocycles. The van der Waals surface area contributed by atoms with Crippen LogP contribution in [0, 0.1) is 0 Å². The van der Waals surface area contributed by atoms with Gasteiger partial charge in [0.1, 0.15) is 0 Å². The maximum atomic E-state index is 12.4. The number of esters is 1. The molecule has 0 aliphatic carbocycles. The number of carbonyl (C=O) groups excluding carboxylic acids is 3. The van der Waals surface area contributed by atoms with Gasteiger partial charge in [-0.05, 0) is 30.4 Å². The maximum absolute atomic E-state index is 12.4. The molecule has 6 nitrogen and oxygen atoms in total. The number of thiophene rings is 1. The Morgan fingerprint density at radius 2 is 1.86 bits per heavy atom. The normalized spacial score (nSPS) is 12.6. The van der Waals surface area contributed by atoms with Gasteiger partial charge >= 0.3 is 5.97 Å². The summed E-state index contributed by atoms with van der Waals surface area (Å²) < 4.78 is 5.20. The topological polar surface area (TPSA) is 84.5 Å². The summed E-state index contributed by atoms with van der Waals surface area (Å²) in [6.07, 6.45) is 0.818. The van der Waals surface area contributed by atoms with Crippen LogP contribution in [0.4, 0.5) is 0 Å². The lowest BCUT2D eigenvalue weighted by Crippen LogP contribution is -2.38. The second kappa shape index (κ2) is 11.2. The molecule has 2 atom stereocenters. The number of benzene rings is 1. The Morgan fingerprint density at radius 3 is 2.50 bits per heavy atom. The van der Waals surface area contributed by atoms with Crippen LogP contribution in [-0.2, 0) is 14.3 Å². The third kappa shape index (κ3) is 6.81. The molecule has 0 saturated heterocycles. The Kier molecular flexibility index (Phi) is 8.68. The highest BCUT2D eigenvalue weighted by Gasteiger charge is 2.21. The van der Waals surface area contributed by atoms with Crippen LogP contribution >= 0.6 is 11.3 Å². The summed E-state index contributed by atoms with van der Waals surface area (Å²) in [4.78, 5) is 36.8. The van der Waals surface area contributed by atoms with Crippen LogP contribution < -0.4 is 10.6 Å². The molecule has 150 valence electrons. The summed E-state index contributed by atoms with van der Waals surface area (Å²) in [5.41, 5.74) is 1.02. The van der Waals surface area contributed by atoms with Crippen LogP contribution in [0.1, 0.15) is 54.4 Å². The molecule has 28 heavy (non-hydrogen) atoms. The monoisotopic (exact) mass is 402 g/mol. The molecule has 0 saturated carbocycles. The first-order chi connectivity index (χ1) is 13.5. The highest BCUT2D eigenvalue weighted by atomic mass is 32.1. The van der Waals surface area contributed by atoms with Gasteiger partial charge in [-0.3, -0.25) is 14.4 Å². The van der Waals surface area contributed by atoms with Gasteiger partial charge < -0.3 is 15.4 Å². The number of hydrogen-bond donors (Lipinski definition) is 2. The molecule has 1 aromatic carbocycles. The first kappa shape index (κ1) is 21.6. The smallest absolute Gasteiger partial charge is 0.308 e. The van der Waals surface area contributed by atoms with Crippen molar-refractivity contribution in [2.75, 3.05) is 6.54 Å². The predicted octanol–water partition coefficient (Wildman–Crippen LogP) is 3.46. The molecular weight excluding hydrogens is 376 g/mol. The third-order valence-electron chi connectivity index (χ3n) is 4.13. The summed E-state index contributed by atoms with van der Waals surface area (Å²) in [7, 11) is 0. The molecular formula is C21H26N2O4S. The lowest BCUT2D eigenvalue weighted by Gasteiger charge is -2.21. The molecule has 0 aliphatic heterocycles. The fourth-order valence-electron chi connectivity index (χ4n) is 2.67. The number of hydrogen-bond acceptors (Lipinski definition) is 5. The van der Waals surface area contributed by atoms with Crippen molar-refractivity contribution in [1.29, 1.82) is 0 Å². The van der Waals surface area contributed by atoms with Crippen molar-refractivity contribution in [1.82, 2.24) is 10.6 Å². The molecule has 2 aromatic rings. The van der Waals surface area contributed by atoms with Gasteiger partial charge in [0.25, 0.3) is 11.8 Å². The van der Waals surface area contributed by atoms with Gasteiger partial charge in [0, 0.05) is 6.54 Å². The molecule has 0 spiro atoms. The van der Waals surface area contributed by atoms with Crippen molar-refractivity contribution < 1.29 is 19.1 Å². The Hall–Kier alpha value is -2.67. The van der Waals surface area contributed by atoms with E-state index in [4.69, 9.17) is 4.74 Å². The van der Waals surface area contributed by atoms with E-state index in [0.29, 0.717) is 4.88 Å². The SMILES string of the molecule is CCCC(NC(=O)C(C)OC(=O)CCNC(=O)c1cccs1)c1ccccc1. The minimum absolute atomic E-state index is 0.00576. The summed E-state index contributed by atoms with van der Waals surface area (Å²) >= 11 is 1.33. The van der Waals surface area contributed by atoms with Crippen LogP contribution in [0.5, 0.6) is 0 Å². The Bertz CT molecular complexity index is 762. The van der Waals surface area contributed by atoms with E-state index in [2.05, 4.69) is 17.6 Å². The van der Waals surface area contributed by atoms with E-state index in [1.54, 1.807) is 19.1 Å². The van der Waals surface area contributed by atoms with E-state index in [9.17, 15) is 14.4 Å². The standard InChI is InChI=1S/C21H26N2O4S/c1-3-8-17(16-9-5-4-6-10-16)23-20(25)15(2)27-19(24)12-13-22-21(26)18-11-7-14-28-18/h4-7,9-11,14-15,17H,3,8,12-13H2,1-2H3,(H,22,26)(H,23,25). The second-order valence-corrected chi connectivity index (χ2v) is 7.32. The van der Waals surface area contributed by atoms with Gasteiger partial charge in [-0.25, -0.2) is 0 Å². The van der Waals surface area contributed by atoms with Crippen molar-refractivity contribution in [3.05, 3.63) is 58.3 Å². The number of amides is 2. The van der Waals surface area contributed by atoms with E-state index in [-0.39, 0.29) is 30.8 Å². The fraction of sp³-hybridized carbons (Fsp3) is 0.381. The number of ether oxygens (including phenoxy) is 1. The van der Waals surface area contributed by atoms with E-state index in [1.807, 2.05) is 35.7 Å². The van der Waals surface area contributed by atoms with Gasteiger partial charge in [-0.2, -0.15) is 0 Å². The van der Waals surface area contributed by atoms with E-state index in [1.165, 1.54) is 11.3 Å². The zero-order valence-electron chi connectivity index (χ0n) is 16.1. The molecule has 0 fully saturated rings. The molecule has 2 N–H and O–H groups in total. The average Bonchev–Trinajstić information content (AvgIpc) is 3.23. The van der Waals surface area contributed by atoms with Crippen LogP contribution in [0.2, 0.25) is 0 Å². The molecule has 1 aromatic heterocycles. The minimum Gasteiger partial charge on any atom is -0.452 e. The zero-order valence-corrected chi connectivity index (χ0v) is 17.0. The fourth-order valence-corrected chi connectivity index (χ4v) is 3.31. The largest absolute Gasteiger partial charge is 0.452 e. The maximum Gasteiger partial charge on any atom is 0.308 e. The quantitative estimate of drug-likeness (QED) is 0.596. The van der Waals surface area contributed by atoms with Crippen LogP contribution in [0.3, 0.4) is 0 Å². The van der Waals surface area contributed by atoms with E-state index < -0.39 is 12.1 Å². The molecule has 2 amide bonds. The highest BCUT2D eigenvalue weighted by molar-refractivity contribution is 7.12. The van der Waals surface area contributed by atoms with Gasteiger partial charge in [0.2, 0.25) is 0 Å². The van der Waals surface area contributed by atoms with E-state index in [0.717, 1.165) is 18.4 Å². The zero-order chi connectivity index (χ0) is 20.4. The third-order valence-corrected chi connectivity index (χ3v) is 5.00. The first-order valence-corrected chi connectivity index (χ1v) is 10.3. The lowest BCUT2D eigenvalue weighted by atomic mass is 10.0. The van der Waals surface area contributed by atoms with Gasteiger partial charge in [-0.1, -0.05) is 49.7 Å². The summed E-state index contributed by atoms with van der Waals surface area (Å²) in [6, 6.07) is 13.1. The summed E-state index contributed by atoms with van der Waals surface area (Å²) in [5, 5.41) is 7.42. The van der Waals surface area contributed by atoms with Crippen LogP contribution in [0.15, 0.2) is 47.8 Å². The van der Waals surface area contributed by atoms with Crippen molar-refractivity contribution in [3.63, 3.8) is 0 Å². The van der Waals surface area contributed by atoms with E-state index >= 15 is 0 Å². The van der Waals surface area contributed by atoms with Gasteiger partial charge in [-0.15, -0.1) is 11.3 Å². The molecule has 0 aliphatic rings. The Labute approximate surface area is 169 Å². The van der Waals surface area contributed by atoms with Crippen LogP contribution in [-0.4, -0.2) is 30.4 Å². The molecule has 0 radical (unpaired) electrons. The summed E-state index contributed by atoms with van der Waals surface area (Å²) in [6.45, 7) is 3.76. The molecule has 2 unspecified atom stereocenters. The number of carbonyl (C=O) groups is 3.